The summed E-state index contributed by atoms with van der Waals surface area (Å²) < 4.78 is 10.4. The molecule has 3 nitrogen and oxygen atoms in total. The van der Waals surface area contributed by atoms with Crippen molar-refractivity contribution in [3.05, 3.63) is 12.0 Å². The van der Waals surface area contributed by atoms with E-state index in [0.717, 1.165) is 6.42 Å². The molecule has 4 heteroatoms. The summed E-state index contributed by atoms with van der Waals surface area (Å²) in [6.07, 6.45) is 4.17. The maximum atomic E-state index is 5.57. The van der Waals surface area contributed by atoms with Gasteiger partial charge in [-0.3, -0.25) is 0 Å². The van der Waals surface area contributed by atoms with Gasteiger partial charge in [0.05, 0.1) is 18.2 Å². The van der Waals surface area contributed by atoms with Crippen LogP contribution in [0.5, 0.6) is 6.08 Å². The lowest BCUT2D eigenvalue weighted by Gasteiger charge is -2.08. The van der Waals surface area contributed by atoms with Gasteiger partial charge in [0, 0.05) is 0 Å². The van der Waals surface area contributed by atoms with Gasteiger partial charge in [0.25, 0.3) is 0 Å². The molecule has 0 bridgehead atoms. The molecule has 0 fully saturated rings. The SMILES string of the molecule is CCCC(C)COc1nc(CCl)co1. The first-order chi connectivity index (χ1) is 6.76. The Kier molecular flexibility index (Phi) is 4.80. The maximum absolute atomic E-state index is 5.57. The van der Waals surface area contributed by atoms with E-state index in [0.29, 0.717) is 30.2 Å². The summed E-state index contributed by atoms with van der Waals surface area (Å²) in [6, 6.07) is 0. The fourth-order valence-corrected chi connectivity index (χ4v) is 1.33. The number of aromatic nitrogens is 1. The Morgan fingerprint density at radius 2 is 2.43 bits per heavy atom. The quantitative estimate of drug-likeness (QED) is 0.687. The van der Waals surface area contributed by atoms with Gasteiger partial charge in [-0.15, -0.1) is 11.6 Å². The molecule has 0 aliphatic rings. The fraction of sp³-hybridized carbons (Fsp3) is 0.700. The van der Waals surface area contributed by atoms with Gasteiger partial charge in [-0.05, 0) is 12.3 Å². The highest BCUT2D eigenvalue weighted by Gasteiger charge is 2.06. The van der Waals surface area contributed by atoms with E-state index in [1.807, 2.05) is 0 Å². The van der Waals surface area contributed by atoms with Crippen LogP contribution in [0.3, 0.4) is 0 Å². The van der Waals surface area contributed by atoms with E-state index >= 15 is 0 Å². The number of hydrogen-bond donors (Lipinski definition) is 0. The summed E-state index contributed by atoms with van der Waals surface area (Å²) in [5.41, 5.74) is 0.713. The lowest BCUT2D eigenvalue weighted by molar-refractivity contribution is 0.190. The van der Waals surface area contributed by atoms with Gasteiger partial charge in [-0.25, -0.2) is 0 Å². The van der Waals surface area contributed by atoms with Crippen molar-refractivity contribution in [3.63, 3.8) is 0 Å². The van der Waals surface area contributed by atoms with Crippen LogP contribution in [0.4, 0.5) is 0 Å². The third kappa shape index (κ3) is 3.58. The number of ether oxygens (including phenoxy) is 1. The minimum atomic E-state index is 0.323. The molecule has 0 saturated carbocycles. The average molecular weight is 218 g/mol. The van der Waals surface area contributed by atoms with Crippen LogP contribution in [0.2, 0.25) is 0 Å². The predicted molar refractivity (Wildman–Crippen MR) is 55.6 cm³/mol. The largest absolute Gasteiger partial charge is 0.450 e. The summed E-state index contributed by atoms with van der Waals surface area (Å²) >= 11 is 5.57. The first kappa shape index (κ1) is 11.4. The molecular formula is C10H16ClNO2. The van der Waals surface area contributed by atoms with E-state index in [-0.39, 0.29) is 0 Å². The second-order valence-electron chi connectivity index (χ2n) is 3.44. The summed E-state index contributed by atoms with van der Waals surface area (Å²) in [5, 5.41) is 0. The van der Waals surface area contributed by atoms with E-state index in [4.69, 9.17) is 20.8 Å². The number of halogens is 1. The molecule has 1 heterocycles. The summed E-state index contributed by atoms with van der Waals surface area (Å²) in [4.78, 5) is 4.04. The topological polar surface area (TPSA) is 35.3 Å². The van der Waals surface area contributed by atoms with Gasteiger partial charge in [-0.2, -0.15) is 4.98 Å². The summed E-state index contributed by atoms with van der Waals surface area (Å²) in [7, 11) is 0. The Balaban J connectivity index is 2.30. The van der Waals surface area contributed by atoms with Crippen molar-refractivity contribution in [3.8, 4) is 6.08 Å². The molecule has 1 aromatic heterocycles. The number of hydrogen-bond acceptors (Lipinski definition) is 3. The Morgan fingerprint density at radius 3 is 3.00 bits per heavy atom. The van der Waals surface area contributed by atoms with Gasteiger partial charge in [0.15, 0.2) is 0 Å². The van der Waals surface area contributed by atoms with Crippen molar-refractivity contribution in [2.45, 2.75) is 32.6 Å². The molecule has 0 spiro atoms. The minimum absolute atomic E-state index is 0.323. The van der Waals surface area contributed by atoms with Crippen molar-refractivity contribution < 1.29 is 9.15 Å². The zero-order chi connectivity index (χ0) is 10.4. The van der Waals surface area contributed by atoms with E-state index in [9.17, 15) is 0 Å². The van der Waals surface area contributed by atoms with Gasteiger partial charge < -0.3 is 9.15 Å². The molecule has 1 rings (SSSR count). The molecular weight excluding hydrogens is 202 g/mol. The zero-order valence-corrected chi connectivity index (χ0v) is 9.38. The molecule has 0 saturated heterocycles. The van der Waals surface area contributed by atoms with Crippen LogP contribution in [-0.4, -0.2) is 11.6 Å². The van der Waals surface area contributed by atoms with Crippen LogP contribution in [0.25, 0.3) is 0 Å². The third-order valence-corrected chi connectivity index (χ3v) is 2.21. The highest BCUT2D eigenvalue weighted by atomic mass is 35.5. The first-order valence-electron chi connectivity index (χ1n) is 4.89. The maximum Gasteiger partial charge on any atom is 0.393 e. The van der Waals surface area contributed by atoms with Crippen molar-refractivity contribution in [2.75, 3.05) is 6.61 Å². The van der Waals surface area contributed by atoms with E-state index in [1.54, 1.807) is 0 Å². The first-order valence-corrected chi connectivity index (χ1v) is 5.42. The highest BCUT2D eigenvalue weighted by Crippen LogP contribution is 2.14. The highest BCUT2D eigenvalue weighted by molar-refractivity contribution is 6.16. The van der Waals surface area contributed by atoms with Crippen LogP contribution >= 0.6 is 11.6 Å². The average Bonchev–Trinajstić information content (AvgIpc) is 2.63. The molecule has 1 atom stereocenters. The van der Waals surface area contributed by atoms with Crippen LogP contribution < -0.4 is 4.74 Å². The minimum Gasteiger partial charge on any atom is -0.450 e. The second-order valence-corrected chi connectivity index (χ2v) is 3.71. The Labute approximate surface area is 89.4 Å². The molecule has 0 aliphatic heterocycles. The predicted octanol–water partition coefficient (Wildman–Crippen LogP) is 3.23. The molecule has 1 aromatic rings. The van der Waals surface area contributed by atoms with Crippen LogP contribution in [0, 0.1) is 5.92 Å². The normalized spacial score (nSPS) is 12.8. The van der Waals surface area contributed by atoms with Gasteiger partial charge in [0.2, 0.25) is 0 Å². The van der Waals surface area contributed by atoms with Crippen LogP contribution in [0.1, 0.15) is 32.4 Å². The van der Waals surface area contributed by atoms with Crippen molar-refractivity contribution in [1.82, 2.24) is 4.98 Å². The zero-order valence-electron chi connectivity index (χ0n) is 8.62. The lowest BCUT2D eigenvalue weighted by atomic mass is 10.1. The van der Waals surface area contributed by atoms with Gasteiger partial charge in [0.1, 0.15) is 6.26 Å². The van der Waals surface area contributed by atoms with E-state index < -0.39 is 0 Å². The smallest absolute Gasteiger partial charge is 0.393 e. The van der Waals surface area contributed by atoms with Crippen molar-refractivity contribution in [1.29, 1.82) is 0 Å². The molecule has 80 valence electrons. The van der Waals surface area contributed by atoms with Gasteiger partial charge in [-0.1, -0.05) is 20.3 Å². The van der Waals surface area contributed by atoms with Gasteiger partial charge >= 0.3 is 6.08 Å². The standard InChI is InChI=1S/C10H16ClNO2/c1-3-4-8(2)6-13-10-12-9(5-11)7-14-10/h7-8H,3-6H2,1-2H3. The Morgan fingerprint density at radius 1 is 1.64 bits per heavy atom. The summed E-state index contributed by atoms with van der Waals surface area (Å²) in [6.45, 7) is 4.96. The van der Waals surface area contributed by atoms with E-state index in [1.165, 1.54) is 12.7 Å². The molecule has 0 aromatic carbocycles. The second kappa shape index (κ2) is 5.91. The molecule has 0 aliphatic carbocycles. The van der Waals surface area contributed by atoms with E-state index in [2.05, 4.69) is 18.8 Å². The Bertz CT molecular complexity index is 262. The molecule has 0 amide bonds. The Hall–Kier alpha value is -0.700. The monoisotopic (exact) mass is 217 g/mol. The van der Waals surface area contributed by atoms with Crippen LogP contribution in [0.15, 0.2) is 10.7 Å². The fourth-order valence-electron chi connectivity index (χ4n) is 1.21. The molecule has 14 heavy (non-hydrogen) atoms. The van der Waals surface area contributed by atoms with Crippen molar-refractivity contribution in [2.24, 2.45) is 5.92 Å². The number of alkyl halides is 1. The summed E-state index contributed by atoms with van der Waals surface area (Å²) in [5.74, 6) is 0.892. The van der Waals surface area contributed by atoms with Crippen LogP contribution in [-0.2, 0) is 5.88 Å². The molecule has 1 unspecified atom stereocenters. The number of rotatable bonds is 6. The number of oxazole rings is 1. The third-order valence-electron chi connectivity index (χ3n) is 1.94. The molecule has 0 radical (unpaired) electrons. The number of nitrogens with zero attached hydrogens (tertiary/aromatic N) is 1. The lowest BCUT2D eigenvalue weighted by Crippen LogP contribution is -2.08. The van der Waals surface area contributed by atoms with Crippen molar-refractivity contribution >= 4 is 11.6 Å². The molecule has 0 N–H and O–H groups in total.